The summed E-state index contributed by atoms with van der Waals surface area (Å²) in [5, 5.41) is 0. The van der Waals surface area contributed by atoms with E-state index in [9.17, 15) is 4.79 Å². The maximum absolute atomic E-state index is 12.9. The lowest BCUT2D eigenvalue weighted by Gasteiger charge is -2.23. The fourth-order valence-corrected chi connectivity index (χ4v) is 4.05. The lowest BCUT2D eigenvalue weighted by atomic mass is 9.90. The van der Waals surface area contributed by atoms with E-state index in [0.717, 1.165) is 33.5 Å². The molecule has 1 aliphatic heterocycles. The third-order valence-corrected chi connectivity index (χ3v) is 5.76. The van der Waals surface area contributed by atoms with Crippen molar-refractivity contribution in [3.63, 3.8) is 0 Å². The van der Waals surface area contributed by atoms with E-state index >= 15 is 0 Å². The number of nitrogens with one attached hydrogen (secondary N) is 1. The Kier molecular flexibility index (Phi) is 5.46. The average Bonchev–Trinajstić information content (AvgIpc) is 3.32. The van der Waals surface area contributed by atoms with Crippen molar-refractivity contribution in [2.75, 3.05) is 6.54 Å². The van der Waals surface area contributed by atoms with E-state index in [1.165, 1.54) is 0 Å². The summed E-state index contributed by atoms with van der Waals surface area (Å²) in [6.07, 6.45) is 2.36. The first kappa shape index (κ1) is 19.7. The van der Waals surface area contributed by atoms with E-state index in [0.29, 0.717) is 6.54 Å². The highest BCUT2D eigenvalue weighted by Gasteiger charge is 2.43. The number of aromatic nitrogens is 2. The van der Waals surface area contributed by atoms with E-state index in [2.05, 4.69) is 39.7 Å². The standard InChI is InChI=1S/C23H24BrN3O2/c1-23(2)12-20(21-25-13-19(26-21)17-8-10-18(24)11-9-17)27(15-23)22(28)29-14-16-6-4-3-5-7-16/h3-11,13,20H,12,14-15H2,1-2H3,(H,25,26)/t20-/m0/s1. The van der Waals surface area contributed by atoms with Crippen LogP contribution in [0, 0.1) is 5.41 Å². The van der Waals surface area contributed by atoms with Gasteiger partial charge < -0.3 is 9.72 Å². The number of imidazole rings is 1. The molecule has 0 unspecified atom stereocenters. The number of amides is 1. The zero-order chi connectivity index (χ0) is 20.4. The molecule has 4 rings (SSSR count). The first-order valence-electron chi connectivity index (χ1n) is 9.69. The Morgan fingerprint density at radius 2 is 1.93 bits per heavy atom. The van der Waals surface area contributed by atoms with Gasteiger partial charge >= 0.3 is 6.09 Å². The van der Waals surface area contributed by atoms with Crippen molar-refractivity contribution < 1.29 is 9.53 Å². The molecule has 2 aromatic carbocycles. The van der Waals surface area contributed by atoms with Crippen molar-refractivity contribution in [3.8, 4) is 11.3 Å². The van der Waals surface area contributed by atoms with Crippen LogP contribution in [-0.4, -0.2) is 27.5 Å². The highest BCUT2D eigenvalue weighted by atomic mass is 79.9. The fraction of sp³-hybridized carbons (Fsp3) is 0.304. The van der Waals surface area contributed by atoms with Crippen molar-refractivity contribution in [1.29, 1.82) is 0 Å². The number of hydrogen-bond donors (Lipinski definition) is 1. The Hall–Kier alpha value is -2.60. The second kappa shape index (κ2) is 8.03. The van der Waals surface area contributed by atoms with Crippen molar-refractivity contribution in [2.24, 2.45) is 5.41 Å². The number of carbonyl (C=O) groups is 1. The van der Waals surface area contributed by atoms with Crippen LogP contribution in [0.3, 0.4) is 0 Å². The van der Waals surface area contributed by atoms with E-state index in [1.54, 1.807) is 4.90 Å². The summed E-state index contributed by atoms with van der Waals surface area (Å²) in [6, 6.07) is 17.7. The topological polar surface area (TPSA) is 58.2 Å². The van der Waals surface area contributed by atoms with Gasteiger partial charge in [-0.25, -0.2) is 9.78 Å². The van der Waals surface area contributed by atoms with Gasteiger partial charge in [0, 0.05) is 11.0 Å². The van der Waals surface area contributed by atoms with Gasteiger partial charge in [-0.1, -0.05) is 72.2 Å². The molecule has 1 aromatic heterocycles. The molecule has 6 heteroatoms. The molecule has 0 bridgehead atoms. The molecule has 1 aliphatic rings. The minimum Gasteiger partial charge on any atom is -0.445 e. The maximum Gasteiger partial charge on any atom is 0.410 e. The van der Waals surface area contributed by atoms with E-state index < -0.39 is 0 Å². The average molecular weight is 454 g/mol. The van der Waals surface area contributed by atoms with E-state index in [-0.39, 0.29) is 24.2 Å². The first-order chi connectivity index (χ1) is 13.9. The van der Waals surface area contributed by atoms with Crippen LogP contribution in [0.4, 0.5) is 4.79 Å². The summed E-state index contributed by atoms with van der Waals surface area (Å²) in [5.41, 5.74) is 2.98. The quantitative estimate of drug-likeness (QED) is 0.530. The van der Waals surface area contributed by atoms with Gasteiger partial charge in [-0.3, -0.25) is 4.90 Å². The van der Waals surface area contributed by atoms with Crippen LogP contribution in [0.5, 0.6) is 0 Å². The second-order valence-electron chi connectivity index (χ2n) is 8.24. The third kappa shape index (κ3) is 4.53. The molecule has 0 spiro atoms. The molecule has 2 heterocycles. The van der Waals surface area contributed by atoms with Crippen molar-refractivity contribution >= 4 is 22.0 Å². The molecule has 5 nitrogen and oxygen atoms in total. The van der Waals surface area contributed by atoms with Gasteiger partial charge in [0.2, 0.25) is 0 Å². The van der Waals surface area contributed by atoms with E-state index in [4.69, 9.17) is 4.74 Å². The molecule has 1 fully saturated rings. The Bertz CT molecular complexity index is 983. The summed E-state index contributed by atoms with van der Waals surface area (Å²) >= 11 is 3.46. The molecule has 29 heavy (non-hydrogen) atoms. The van der Waals surface area contributed by atoms with Crippen molar-refractivity contribution in [3.05, 3.63) is 76.7 Å². The number of rotatable bonds is 4. The molecule has 150 valence electrons. The number of ether oxygens (including phenoxy) is 1. The van der Waals surface area contributed by atoms with E-state index in [1.807, 2.05) is 60.8 Å². The molecule has 3 aromatic rings. The SMILES string of the molecule is CC1(C)C[C@@H](c2ncc(-c3ccc(Br)cc3)[nH]2)N(C(=O)OCc2ccccc2)C1. The number of halogens is 1. The predicted molar refractivity (Wildman–Crippen MR) is 116 cm³/mol. The van der Waals surface area contributed by atoms with Crippen LogP contribution in [0.1, 0.15) is 37.7 Å². The molecule has 0 radical (unpaired) electrons. The van der Waals surface area contributed by atoms with Crippen LogP contribution in [0.15, 0.2) is 65.3 Å². The van der Waals surface area contributed by atoms with Gasteiger partial charge in [-0.15, -0.1) is 0 Å². The summed E-state index contributed by atoms with van der Waals surface area (Å²) in [7, 11) is 0. The number of likely N-dealkylation sites (tertiary alicyclic amines) is 1. The van der Waals surface area contributed by atoms with Gasteiger partial charge in [-0.05, 0) is 35.1 Å². The number of carbonyl (C=O) groups excluding carboxylic acids is 1. The Morgan fingerprint density at radius 1 is 1.21 bits per heavy atom. The fourth-order valence-electron chi connectivity index (χ4n) is 3.79. The second-order valence-corrected chi connectivity index (χ2v) is 9.16. The molecule has 1 saturated heterocycles. The molecule has 0 aliphatic carbocycles. The highest BCUT2D eigenvalue weighted by molar-refractivity contribution is 9.10. The smallest absolute Gasteiger partial charge is 0.410 e. The van der Waals surface area contributed by atoms with Crippen molar-refractivity contribution in [1.82, 2.24) is 14.9 Å². The Labute approximate surface area is 179 Å². The number of hydrogen-bond acceptors (Lipinski definition) is 3. The lowest BCUT2D eigenvalue weighted by Crippen LogP contribution is -2.33. The van der Waals surface area contributed by atoms with Gasteiger partial charge in [0.15, 0.2) is 0 Å². The zero-order valence-corrected chi connectivity index (χ0v) is 18.1. The summed E-state index contributed by atoms with van der Waals surface area (Å²) in [6.45, 7) is 5.25. The normalized spacial score (nSPS) is 18.0. The monoisotopic (exact) mass is 453 g/mol. The van der Waals surface area contributed by atoms with Crippen LogP contribution in [-0.2, 0) is 11.3 Å². The lowest BCUT2D eigenvalue weighted by molar-refractivity contribution is 0.0889. The van der Waals surface area contributed by atoms with Crippen LogP contribution in [0.25, 0.3) is 11.3 Å². The first-order valence-corrected chi connectivity index (χ1v) is 10.5. The van der Waals surface area contributed by atoms with Crippen LogP contribution in [0.2, 0.25) is 0 Å². The predicted octanol–water partition coefficient (Wildman–Crippen LogP) is 5.95. The van der Waals surface area contributed by atoms with Gasteiger partial charge in [-0.2, -0.15) is 0 Å². The number of nitrogens with zero attached hydrogens (tertiary/aromatic N) is 2. The van der Waals surface area contributed by atoms with Crippen LogP contribution >= 0.6 is 15.9 Å². The number of benzene rings is 2. The molecule has 1 atom stereocenters. The molecule has 1 amide bonds. The zero-order valence-electron chi connectivity index (χ0n) is 16.6. The van der Waals surface area contributed by atoms with Gasteiger partial charge in [0.05, 0.1) is 17.9 Å². The summed E-state index contributed by atoms with van der Waals surface area (Å²) < 4.78 is 6.64. The largest absolute Gasteiger partial charge is 0.445 e. The Morgan fingerprint density at radius 3 is 2.66 bits per heavy atom. The highest BCUT2D eigenvalue weighted by Crippen LogP contribution is 2.42. The van der Waals surface area contributed by atoms with Gasteiger partial charge in [0.25, 0.3) is 0 Å². The minimum atomic E-state index is -0.300. The minimum absolute atomic E-state index is 0.000990. The number of aromatic amines is 1. The van der Waals surface area contributed by atoms with Crippen LogP contribution < -0.4 is 0 Å². The molecule has 1 N–H and O–H groups in total. The van der Waals surface area contributed by atoms with Gasteiger partial charge in [0.1, 0.15) is 12.4 Å². The van der Waals surface area contributed by atoms with Crippen molar-refractivity contribution in [2.45, 2.75) is 32.9 Å². The molecule has 0 saturated carbocycles. The maximum atomic E-state index is 12.9. The molecular weight excluding hydrogens is 430 g/mol. The third-order valence-electron chi connectivity index (χ3n) is 5.23. The summed E-state index contributed by atoms with van der Waals surface area (Å²) in [5.74, 6) is 0.796. The number of H-pyrrole nitrogens is 1. The summed E-state index contributed by atoms with van der Waals surface area (Å²) in [4.78, 5) is 22.7. The Balaban J connectivity index is 1.52. The molecular formula is C23H24BrN3O2.